The van der Waals surface area contributed by atoms with E-state index in [9.17, 15) is 0 Å². The fourth-order valence-corrected chi connectivity index (χ4v) is 2.56. The summed E-state index contributed by atoms with van der Waals surface area (Å²) in [5.41, 5.74) is 2.92. The van der Waals surface area contributed by atoms with Crippen LogP contribution in [0.2, 0.25) is 0 Å². The van der Waals surface area contributed by atoms with Crippen LogP contribution in [-0.2, 0) is 13.1 Å². The fraction of sp³-hybridized carbons (Fsp3) is 0.667. The molecule has 1 N–H and O–H groups in total. The van der Waals surface area contributed by atoms with Gasteiger partial charge in [0.25, 0.3) is 0 Å². The Hall–Kier alpha value is -0.860. The molecule has 0 amide bonds. The number of rotatable bonds is 10. The van der Waals surface area contributed by atoms with Crippen molar-refractivity contribution in [2.75, 3.05) is 19.6 Å². The van der Waals surface area contributed by atoms with E-state index in [1.54, 1.807) is 0 Å². The van der Waals surface area contributed by atoms with Gasteiger partial charge in [-0.2, -0.15) is 0 Å². The van der Waals surface area contributed by atoms with Crippen LogP contribution in [0.5, 0.6) is 0 Å². The maximum absolute atomic E-state index is 3.63. The molecule has 0 bridgehead atoms. The van der Waals surface area contributed by atoms with E-state index in [4.69, 9.17) is 0 Å². The third-order valence-corrected chi connectivity index (χ3v) is 4.31. The lowest BCUT2D eigenvalue weighted by molar-refractivity contribution is 0.294. The third-order valence-electron chi connectivity index (χ3n) is 4.31. The van der Waals surface area contributed by atoms with Crippen LogP contribution in [0.4, 0.5) is 0 Å². The van der Waals surface area contributed by atoms with Gasteiger partial charge in [-0.25, -0.2) is 0 Å². The highest BCUT2D eigenvalue weighted by molar-refractivity contribution is 5.27. The Labute approximate surface area is 125 Å². The first-order valence-electron chi connectivity index (χ1n) is 8.24. The van der Waals surface area contributed by atoms with Crippen molar-refractivity contribution in [2.24, 2.45) is 5.92 Å². The molecule has 0 radical (unpaired) electrons. The van der Waals surface area contributed by atoms with Crippen LogP contribution < -0.4 is 5.32 Å². The van der Waals surface area contributed by atoms with E-state index < -0.39 is 0 Å². The predicted molar refractivity (Wildman–Crippen MR) is 88.8 cm³/mol. The van der Waals surface area contributed by atoms with Crippen molar-refractivity contribution in [1.82, 2.24) is 10.2 Å². The molecular formula is C18H32N2. The quantitative estimate of drug-likeness (QED) is 0.693. The second-order valence-electron chi connectivity index (χ2n) is 5.54. The van der Waals surface area contributed by atoms with Crippen molar-refractivity contribution >= 4 is 0 Å². The molecule has 0 saturated carbocycles. The fourth-order valence-electron chi connectivity index (χ4n) is 2.56. The standard InChI is InChI=1S/C18H32N2/c1-5-16(6-2)13-19-14-17-11-9-10-12-18(17)15-20(7-3)8-4/h9-12,16,19H,5-8,13-15H2,1-4H3. The van der Waals surface area contributed by atoms with Gasteiger partial charge >= 0.3 is 0 Å². The number of hydrogen-bond acceptors (Lipinski definition) is 2. The van der Waals surface area contributed by atoms with Crippen LogP contribution in [-0.4, -0.2) is 24.5 Å². The zero-order valence-corrected chi connectivity index (χ0v) is 13.8. The molecule has 0 spiro atoms. The van der Waals surface area contributed by atoms with Gasteiger partial charge in [-0.1, -0.05) is 64.8 Å². The van der Waals surface area contributed by atoms with E-state index in [-0.39, 0.29) is 0 Å². The molecule has 0 aliphatic rings. The predicted octanol–water partition coefficient (Wildman–Crippen LogP) is 4.05. The molecule has 0 atom stereocenters. The average molecular weight is 276 g/mol. The Morgan fingerprint density at radius 3 is 2.10 bits per heavy atom. The maximum atomic E-state index is 3.63. The smallest absolute Gasteiger partial charge is 0.0236 e. The van der Waals surface area contributed by atoms with Gasteiger partial charge in [0.15, 0.2) is 0 Å². The van der Waals surface area contributed by atoms with Crippen LogP contribution in [0.1, 0.15) is 51.7 Å². The zero-order chi connectivity index (χ0) is 14.8. The Bertz CT molecular complexity index is 354. The summed E-state index contributed by atoms with van der Waals surface area (Å²) in [7, 11) is 0. The van der Waals surface area contributed by atoms with Crippen LogP contribution in [0.15, 0.2) is 24.3 Å². The van der Waals surface area contributed by atoms with Crippen molar-refractivity contribution in [1.29, 1.82) is 0 Å². The van der Waals surface area contributed by atoms with Crippen molar-refractivity contribution in [3.05, 3.63) is 35.4 Å². The molecule has 0 aliphatic carbocycles. The maximum Gasteiger partial charge on any atom is 0.0236 e. The SMILES string of the molecule is CCC(CC)CNCc1ccccc1CN(CC)CC. The summed E-state index contributed by atoms with van der Waals surface area (Å²) >= 11 is 0. The van der Waals surface area contributed by atoms with Crippen LogP contribution in [0.25, 0.3) is 0 Å². The van der Waals surface area contributed by atoms with Gasteiger partial charge in [0.2, 0.25) is 0 Å². The van der Waals surface area contributed by atoms with Crippen molar-refractivity contribution in [3.63, 3.8) is 0 Å². The summed E-state index contributed by atoms with van der Waals surface area (Å²) in [5.74, 6) is 0.810. The lowest BCUT2D eigenvalue weighted by atomic mass is 10.0. The molecule has 0 heterocycles. The minimum Gasteiger partial charge on any atom is -0.312 e. The van der Waals surface area contributed by atoms with E-state index >= 15 is 0 Å². The van der Waals surface area contributed by atoms with Crippen molar-refractivity contribution < 1.29 is 0 Å². The van der Waals surface area contributed by atoms with Crippen molar-refractivity contribution in [3.8, 4) is 0 Å². The minimum absolute atomic E-state index is 0.810. The summed E-state index contributed by atoms with van der Waals surface area (Å²) < 4.78 is 0. The molecule has 2 nitrogen and oxygen atoms in total. The molecule has 0 saturated heterocycles. The molecular weight excluding hydrogens is 244 g/mol. The van der Waals surface area contributed by atoms with E-state index in [2.05, 4.69) is 62.2 Å². The van der Waals surface area contributed by atoms with Gasteiger partial charge in [-0.3, -0.25) is 4.90 Å². The largest absolute Gasteiger partial charge is 0.312 e. The monoisotopic (exact) mass is 276 g/mol. The Balaban J connectivity index is 2.56. The topological polar surface area (TPSA) is 15.3 Å². The number of benzene rings is 1. The Kier molecular flexibility index (Phi) is 8.56. The molecule has 1 aromatic rings. The van der Waals surface area contributed by atoms with Gasteiger partial charge in [-0.15, -0.1) is 0 Å². The van der Waals surface area contributed by atoms with Gasteiger partial charge in [-0.05, 0) is 36.7 Å². The third kappa shape index (κ3) is 5.64. The number of nitrogens with one attached hydrogen (secondary N) is 1. The highest BCUT2D eigenvalue weighted by Crippen LogP contribution is 2.12. The lowest BCUT2D eigenvalue weighted by Gasteiger charge is -2.21. The second kappa shape index (κ2) is 9.95. The minimum atomic E-state index is 0.810. The van der Waals surface area contributed by atoms with E-state index in [1.165, 1.54) is 24.0 Å². The summed E-state index contributed by atoms with van der Waals surface area (Å²) in [5, 5.41) is 3.63. The molecule has 114 valence electrons. The average Bonchev–Trinajstić information content (AvgIpc) is 2.50. The van der Waals surface area contributed by atoms with Gasteiger partial charge < -0.3 is 5.32 Å². The van der Waals surface area contributed by atoms with Crippen LogP contribution in [0.3, 0.4) is 0 Å². The van der Waals surface area contributed by atoms with E-state index in [1.807, 2.05) is 0 Å². The molecule has 2 heteroatoms. The number of hydrogen-bond donors (Lipinski definition) is 1. The summed E-state index contributed by atoms with van der Waals surface area (Å²) in [4.78, 5) is 2.47. The molecule has 1 aromatic carbocycles. The lowest BCUT2D eigenvalue weighted by Crippen LogP contribution is -2.25. The van der Waals surface area contributed by atoms with Crippen LogP contribution >= 0.6 is 0 Å². The summed E-state index contributed by atoms with van der Waals surface area (Å²) in [6, 6.07) is 8.84. The van der Waals surface area contributed by atoms with Crippen molar-refractivity contribution in [2.45, 2.75) is 53.6 Å². The normalized spacial score (nSPS) is 11.5. The molecule has 0 fully saturated rings. The first-order chi connectivity index (χ1) is 9.74. The van der Waals surface area contributed by atoms with Gasteiger partial charge in [0.05, 0.1) is 0 Å². The highest BCUT2D eigenvalue weighted by Gasteiger charge is 2.07. The Morgan fingerprint density at radius 2 is 1.55 bits per heavy atom. The molecule has 0 aliphatic heterocycles. The first-order valence-corrected chi connectivity index (χ1v) is 8.24. The second-order valence-corrected chi connectivity index (χ2v) is 5.54. The summed E-state index contributed by atoms with van der Waals surface area (Å²) in [6.45, 7) is 14.5. The van der Waals surface area contributed by atoms with E-state index in [0.29, 0.717) is 0 Å². The van der Waals surface area contributed by atoms with Crippen LogP contribution in [0, 0.1) is 5.92 Å². The van der Waals surface area contributed by atoms with E-state index in [0.717, 1.165) is 38.6 Å². The number of nitrogens with zero attached hydrogens (tertiary/aromatic N) is 1. The van der Waals surface area contributed by atoms with Gasteiger partial charge in [0.1, 0.15) is 0 Å². The zero-order valence-electron chi connectivity index (χ0n) is 13.8. The highest BCUT2D eigenvalue weighted by atomic mass is 15.1. The molecule has 1 rings (SSSR count). The molecule has 20 heavy (non-hydrogen) atoms. The molecule has 0 aromatic heterocycles. The van der Waals surface area contributed by atoms with Gasteiger partial charge in [0, 0.05) is 13.1 Å². The summed E-state index contributed by atoms with van der Waals surface area (Å²) in [6.07, 6.45) is 2.54. The molecule has 0 unspecified atom stereocenters. The first kappa shape index (κ1) is 17.2. The Morgan fingerprint density at radius 1 is 0.950 bits per heavy atom.